The van der Waals surface area contributed by atoms with Gasteiger partial charge in [-0.25, -0.2) is 0 Å². The number of unbranched alkanes of at least 4 members (excludes halogenated alkanes) is 24. The van der Waals surface area contributed by atoms with E-state index in [4.69, 9.17) is 14.2 Å². The van der Waals surface area contributed by atoms with Crippen molar-refractivity contribution >= 4 is 17.9 Å². The quantitative estimate of drug-likeness (QED) is 0.0261. The molecule has 410 valence electrons. The van der Waals surface area contributed by atoms with Crippen molar-refractivity contribution in [3.63, 3.8) is 0 Å². The fraction of sp³-hybridized carbons (Fsp3) is 0.682. The highest BCUT2D eigenvalue weighted by Gasteiger charge is 2.19. The van der Waals surface area contributed by atoms with Crippen molar-refractivity contribution in [3.05, 3.63) is 109 Å². The van der Waals surface area contributed by atoms with Crippen LogP contribution < -0.4 is 0 Å². The van der Waals surface area contributed by atoms with Crippen LogP contribution in [0.15, 0.2) is 109 Å². The Hall–Kier alpha value is -3.93. The van der Waals surface area contributed by atoms with Gasteiger partial charge in [0.1, 0.15) is 13.2 Å². The molecule has 0 amide bonds. The first-order chi connectivity index (χ1) is 35.5. The van der Waals surface area contributed by atoms with Crippen molar-refractivity contribution in [2.75, 3.05) is 13.2 Å². The fourth-order valence-electron chi connectivity index (χ4n) is 8.01. The molecular weight excluding hydrogens is 889 g/mol. The van der Waals surface area contributed by atoms with Crippen LogP contribution in [0.5, 0.6) is 0 Å². The molecule has 0 fully saturated rings. The lowest BCUT2D eigenvalue weighted by Gasteiger charge is -2.18. The summed E-state index contributed by atoms with van der Waals surface area (Å²) < 4.78 is 16.8. The molecular formula is C66H110O6. The van der Waals surface area contributed by atoms with Gasteiger partial charge >= 0.3 is 17.9 Å². The molecule has 1 unspecified atom stereocenters. The Morgan fingerprint density at radius 2 is 0.569 bits per heavy atom. The van der Waals surface area contributed by atoms with Crippen molar-refractivity contribution in [2.24, 2.45) is 0 Å². The lowest BCUT2D eigenvalue weighted by Crippen LogP contribution is -2.30. The fourth-order valence-corrected chi connectivity index (χ4v) is 8.01. The number of rotatable bonds is 53. The summed E-state index contributed by atoms with van der Waals surface area (Å²) in [5.74, 6) is -0.917. The zero-order valence-corrected chi connectivity index (χ0v) is 46.9. The third-order valence-corrected chi connectivity index (χ3v) is 12.5. The Bertz CT molecular complexity index is 1470. The van der Waals surface area contributed by atoms with Gasteiger partial charge in [-0.3, -0.25) is 14.4 Å². The molecule has 0 aromatic rings. The van der Waals surface area contributed by atoms with E-state index in [-0.39, 0.29) is 31.1 Å². The van der Waals surface area contributed by atoms with Crippen LogP contribution in [0.1, 0.15) is 271 Å². The lowest BCUT2D eigenvalue weighted by atomic mass is 10.1. The predicted octanol–water partition coefficient (Wildman–Crippen LogP) is 20.3. The highest BCUT2D eigenvalue weighted by Crippen LogP contribution is 2.15. The van der Waals surface area contributed by atoms with E-state index >= 15 is 0 Å². The van der Waals surface area contributed by atoms with Crippen LogP contribution >= 0.6 is 0 Å². The lowest BCUT2D eigenvalue weighted by molar-refractivity contribution is -0.167. The molecule has 72 heavy (non-hydrogen) atoms. The molecule has 0 heterocycles. The molecule has 0 spiro atoms. The molecule has 6 heteroatoms. The Kier molecular flexibility index (Phi) is 56.4. The van der Waals surface area contributed by atoms with E-state index in [0.29, 0.717) is 19.3 Å². The zero-order chi connectivity index (χ0) is 52.2. The van der Waals surface area contributed by atoms with Crippen molar-refractivity contribution < 1.29 is 28.6 Å². The third-order valence-electron chi connectivity index (χ3n) is 12.5. The maximum absolute atomic E-state index is 12.9. The van der Waals surface area contributed by atoms with E-state index < -0.39 is 6.10 Å². The largest absolute Gasteiger partial charge is 0.462 e. The minimum atomic E-state index is -0.792. The highest BCUT2D eigenvalue weighted by molar-refractivity contribution is 5.71. The highest BCUT2D eigenvalue weighted by atomic mass is 16.6. The molecule has 1 atom stereocenters. The molecule has 0 aromatic carbocycles. The first-order valence-corrected chi connectivity index (χ1v) is 29.9. The summed E-state index contributed by atoms with van der Waals surface area (Å²) in [6.07, 6.45) is 80.8. The second-order valence-corrected chi connectivity index (χ2v) is 19.5. The summed E-state index contributed by atoms with van der Waals surface area (Å²) in [6, 6.07) is 0. The molecule has 0 saturated carbocycles. The molecule has 0 aliphatic heterocycles. The van der Waals surface area contributed by atoms with E-state index in [1.54, 1.807) is 0 Å². The number of ether oxygens (including phenoxy) is 3. The first kappa shape index (κ1) is 68.1. The standard InChI is InChI=1S/C66H110O6/c1-4-7-10-13-16-19-22-24-26-28-30-31-32-33-34-35-37-38-40-42-44-47-50-53-56-59-65(68)71-62-63(61-70-64(67)58-55-52-49-46-21-18-15-12-9-6-3)72-66(69)60-57-54-51-48-45-43-41-39-36-29-27-25-23-20-17-14-11-8-5-2/h7,10,12,15-17,19-20,24-27,30-31,33-34,37-38,63H,4-6,8-9,11,13-14,18,21-23,28-29,32,35-36,39-62H2,1-3H3/b10-7-,15-12-,19-16-,20-17-,26-24-,27-25-,31-30-,34-33-,38-37-. The summed E-state index contributed by atoms with van der Waals surface area (Å²) in [5.41, 5.74) is 0. The second-order valence-electron chi connectivity index (χ2n) is 19.5. The van der Waals surface area contributed by atoms with Gasteiger partial charge in [0, 0.05) is 19.3 Å². The van der Waals surface area contributed by atoms with E-state index in [0.717, 1.165) is 135 Å². The topological polar surface area (TPSA) is 78.9 Å². The maximum Gasteiger partial charge on any atom is 0.306 e. The van der Waals surface area contributed by atoms with Crippen molar-refractivity contribution in [1.82, 2.24) is 0 Å². The predicted molar refractivity (Wildman–Crippen MR) is 311 cm³/mol. The van der Waals surface area contributed by atoms with E-state index in [1.165, 1.54) is 96.3 Å². The minimum Gasteiger partial charge on any atom is -0.462 e. The van der Waals surface area contributed by atoms with Crippen molar-refractivity contribution in [1.29, 1.82) is 0 Å². The minimum absolute atomic E-state index is 0.0899. The van der Waals surface area contributed by atoms with E-state index in [2.05, 4.69) is 130 Å². The van der Waals surface area contributed by atoms with Crippen molar-refractivity contribution in [2.45, 2.75) is 277 Å². The summed E-state index contributed by atoms with van der Waals surface area (Å²) in [4.78, 5) is 38.1. The molecule has 0 rings (SSSR count). The number of allylic oxidation sites excluding steroid dienone is 18. The number of esters is 3. The monoisotopic (exact) mass is 999 g/mol. The van der Waals surface area contributed by atoms with E-state index in [9.17, 15) is 14.4 Å². The van der Waals surface area contributed by atoms with Gasteiger partial charge in [0.2, 0.25) is 0 Å². The van der Waals surface area contributed by atoms with Crippen LogP contribution in [0.2, 0.25) is 0 Å². The Labute approximate surface area is 444 Å². The Morgan fingerprint density at radius 3 is 0.917 bits per heavy atom. The third kappa shape index (κ3) is 57.0. The molecule has 0 aliphatic rings. The zero-order valence-electron chi connectivity index (χ0n) is 46.9. The summed E-state index contributed by atoms with van der Waals surface area (Å²) in [6.45, 7) is 6.42. The second kappa shape index (κ2) is 59.6. The molecule has 0 bridgehead atoms. The number of carbonyl (C=O) groups excluding carboxylic acids is 3. The number of hydrogen-bond donors (Lipinski definition) is 0. The molecule has 0 aromatic heterocycles. The molecule has 0 aliphatic carbocycles. The van der Waals surface area contributed by atoms with Gasteiger partial charge in [0.05, 0.1) is 0 Å². The Balaban J connectivity index is 4.33. The van der Waals surface area contributed by atoms with E-state index in [1.807, 2.05) is 0 Å². The molecule has 6 nitrogen and oxygen atoms in total. The van der Waals surface area contributed by atoms with Gasteiger partial charge in [-0.1, -0.05) is 239 Å². The van der Waals surface area contributed by atoms with Gasteiger partial charge in [-0.15, -0.1) is 0 Å². The summed E-state index contributed by atoms with van der Waals surface area (Å²) in [7, 11) is 0. The van der Waals surface area contributed by atoms with Gasteiger partial charge < -0.3 is 14.2 Å². The van der Waals surface area contributed by atoms with Crippen LogP contribution in [0.3, 0.4) is 0 Å². The Morgan fingerprint density at radius 1 is 0.292 bits per heavy atom. The summed E-state index contributed by atoms with van der Waals surface area (Å²) in [5, 5.41) is 0. The molecule has 0 N–H and O–H groups in total. The van der Waals surface area contributed by atoms with Crippen LogP contribution in [-0.2, 0) is 28.6 Å². The SMILES string of the molecule is CC/C=C\C/C=C\C/C=C\C/C=C\C/C=C\C/C=C\CCCCCCCCC(=O)OCC(COC(=O)CCCCCCC/C=C\CCC)OC(=O)CCCCCCCCCCC/C=C\C/C=C\CCCCC. The number of hydrogen-bond acceptors (Lipinski definition) is 6. The molecule has 0 radical (unpaired) electrons. The van der Waals surface area contributed by atoms with Crippen LogP contribution in [0, 0.1) is 0 Å². The average molecular weight is 1000 g/mol. The van der Waals surface area contributed by atoms with Gasteiger partial charge in [0.15, 0.2) is 6.10 Å². The van der Waals surface area contributed by atoms with Gasteiger partial charge in [-0.05, 0) is 122 Å². The first-order valence-electron chi connectivity index (χ1n) is 29.9. The van der Waals surface area contributed by atoms with Crippen LogP contribution in [0.25, 0.3) is 0 Å². The maximum atomic E-state index is 12.9. The van der Waals surface area contributed by atoms with Crippen LogP contribution in [0.4, 0.5) is 0 Å². The van der Waals surface area contributed by atoms with Gasteiger partial charge in [0.25, 0.3) is 0 Å². The van der Waals surface area contributed by atoms with Gasteiger partial charge in [-0.2, -0.15) is 0 Å². The van der Waals surface area contributed by atoms with Crippen molar-refractivity contribution in [3.8, 4) is 0 Å². The normalized spacial score (nSPS) is 12.9. The average Bonchev–Trinajstić information content (AvgIpc) is 3.38. The smallest absolute Gasteiger partial charge is 0.306 e. The number of carbonyl (C=O) groups is 3. The molecule has 0 saturated heterocycles. The summed E-state index contributed by atoms with van der Waals surface area (Å²) >= 11 is 0. The van der Waals surface area contributed by atoms with Crippen LogP contribution in [-0.4, -0.2) is 37.2 Å².